The predicted octanol–water partition coefficient (Wildman–Crippen LogP) is 3.25. The van der Waals surface area contributed by atoms with Gasteiger partial charge in [-0.25, -0.2) is 9.67 Å². The van der Waals surface area contributed by atoms with E-state index >= 15 is 0 Å². The van der Waals surface area contributed by atoms with Crippen LogP contribution in [0, 0.1) is 13.8 Å². The Morgan fingerprint density at radius 1 is 1.25 bits per heavy atom. The number of carbonyl (C=O) groups is 2. The van der Waals surface area contributed by atoms with E-state index in [4.69, 9.17) is 0 Å². The van der Waals surface area contributed by atoms with Gasteiger partial charge in [0.1, 0.15) is 0 Å². The molecule has 0 atom stereocenters. The molecule has 8 heteroatoms. The fourth-order valence-electron chi connectivity index (χ4n) is 3.34. The minimum absolute atomic E-state index is 0.102. The maximum Gasteiger partial charge on any atom is 0.230 e. The molecule has 1 aliphatic rings. The number of para-hydroxylation sites is 1. The van der Waals surface area contributed by atoms with E-state index in [-0.39, 0.29) is 18.2 Å². The monoisotopic (exact) mass is 395 g/mol. The number of anilines is 2. The molecule has 0 aliphatic carbocycles. The number of nitrogens with zero attached hydrogens (tertiary/aromatic N) is 4. The lowest BCUT2D eigenvalue weighted by molar-refractivity contribution is -0.117. The molecule has 0 spiro atoms. The number of carbonyl (C=O) groups excluding carboxylic acids is 2. The van der Waals surface area contributed by atoms with Crippen LogP contribution in [0.1, 0.15) is 29.9 Å². The third kappa shape index (κ3) is 3.55. The van der Waals surface area contributed by atoms with Crippen molar-refractivity contribution in [3.05, 3.63) is 52.8 Å². The zero-order valence-electron chi connectivity index (χ0n) is 15.8. The quantitative estimate of drug-likeness (QED) is 0.719. The molecule has 144 valence electrons. The lowest BCUT2D eigenvalue weighted by Gasteiger charge is -2.10. The van der Waals surface area contributed by atoms with Gasteiger partial charge < -0.3 is 5.32 Å². The Bertz CT molecular complexity index is 1020. The van der Waals surface area contributed by atoms with Crippen molar-refractivity contribution in [2.75, 3.05) is 16.8 Å². The fourth-order valence-corrected chi connectivity index (χ4v) is 4.21. The van der Waals surface area contributed by atoms with E-state index in [1.807, 2.05) is 54.2 Å². The molecule has 28 heavy (non-hydrogen) atoms. The van der Waals surface area contributed by atoms with Crippen molar-refractivity contribution in [3.8, 4) is 5.69 Å². The second kappa shape index (κ2) is 7.55. The Morgan fingerprint density at radius 2 is 2.04 bits per heavy atom. The molecule has 4 rings (SSSR count). The van der Waals surface area contributed by atoms with Crippen molar-refractivity contribution < 1.29 is 9.59 Å². The first kappa shape index (κ1) is 18.4. The van der Waals surface area contributed by atoms with Gasteiger partial charge in [-0.1, -0.05) is 18.2 Å². The minimum Gasteiger partial charge on any atom is -0.323 e. The summed E-state index contributed by atoms with van der Waals surface area (Å²) in [6.07, 6.45) is 1.59. The van der Waals surface area contributed by atoms with E-state index < -0.39 is 0 Å². The van der Waals surface area contributed by atoms with Crippen LogP contribution in [0.3, 0.4) is 0 Å². The zero-order chi connectivity index (χ0) is 19.7. The molecule has 2 amide bonds. The van der Waals surface area contributed by atoms with Crippen molar-refractivity contribution in [3.63, 3.8) is 0 Å². The summed E-state index contributed by atoms with van der Waals surface area (Å²) in [5.74, 6) is -0.0478. The average Bonchev–Trinajstić information content (AvgIpc) is 3.38. The SMILES string of the molecule is Cc1nn(-c2ccccc2)c(C)c1NC(=O)Cc1csc(N2CCCC2=O)n1. The Kier molecular flexibility index (Phi) is 4.95. The van der Waals surface area contributed by atoms with Gasteiger partial charge in [0, 0.05) is 18.3 Å². The summed E-state index contributed by atoms with van der Waals surface area (Å²) in [5.41, 5.74) is 3.97. The smallest absolute Gasteiger partial charge is 0.230 e. The van der Waals surface area contributed by atoms with Gasteiger partial charge in [-0.15, -0.1) is 11.3 Å². The fraction of sp³-hybridized carbons (Fsp3) is 0.300. The van der Waals surface area contributed by atoms with Gasteiger partial charge in [0.05, 0.1) is 34.9 Å². The third-order valence-electron chi connectivity index (χ3n) is 4.74. The lowest BCUT2D eigenvalue weighted by Crippen LogP contribution is -2.23. The first-order chi connectivity index (χ1) is 13.5. The number of nitrogens with one attached hydrogen (secondary N) is 1. The molecule has 3 aromatic rings. The number of benzene rings is 1. The van der Waals surface area contributed by atoms with Crippen LogP contribution >= 0.6 is 11.3 Å². The Morgan fingerprint density at radius 3 is 2.75 bits per heavy atom. The first-order valence-corrected chi connectivity index (χ1v) is 10.1. The molecule has 7 nitrogen and oxygen atoms in total. The number of thiazole rings is 1. The van der Waals surface area contributed by atoms with E-state index in [0.717, 1.165) is 29.2 Å². The number of amides is 2. The zero-order valence-corrected chi connectivity index (χ0v) is 16.6. The second-order valence-electron chi connectivity index (χ2n) is 6.79. The van der Waals surface area contributed by atoms with Crippen LogP contribution in [0.15, 0.2) is 35.7 Å². The summed E-state index contributed by atoms with van der Waals surface area (Å²) in [6.45, 7) is 4.51. The summed E-state index contributed by atoms with van der Waals surface area (Å²) in [6, 6.07) is 9.81. The maximum absolute atomic E-state index is 12.6. The number of hydrogen-bond donors (Lipinski definition) is 1. The topological polar surface area (TPSA) is 80.1 Å². The molecule has 1 aromatic carbocycles. The van der Waals surface area contributed by atoms with Crippen LogP contribution in [0.4, 0.5) is 10.8 Å². The highest BCUT2D eigenvalue weighted by Gasteiger charge is 2.24. The van der Waals surface area contributed by atoms with Crippen LogP contribution < -0.4 is 10.2 Å². The molecular formula is C20H21N5O2S. The largest absolute Gasteiger partial charge is 0.323 e. The Labute approximate surface area is 167 Å². The maximum atomic E-state index is 12.6. The predicted molar refractivity (Wildman–Crippen MR) is 109 cm³/mol. The summed E-state index contributed by atoms with van der Waals surface area (Å²) >= 11 is 1.40. The number of aryl methyl sites for hydroxylation is 1. The van der Waals surface area contributed by atoms with E-state index in [1.54, 1.807) is 4.90 Å². The summed E-state index contributed by atoms with van der Waals surface area (Å²) < 4.78 is 1.82. The minimum atomic E-state index is -0.150. The molecule has 1 N–H and O–H groups in total. The summed E-state index contributed by atoms with van der Waals surface area (Å²) in [4.78, 5) is 30.6. The third-order valence-corrected chi connectivity index (χ3v) is 5.65. The van der Waals surface area contributed by atoms with Gasteiger partial charge in [-0.3, -0.25) is 14.5 Å². The molecule has 2 aromatic heterocycles. The first-order valence-electron chi connectivity index (χ1n) is 9.19. The molecule has 1 fully saturated rings. The summed E-state index contributed by atoms with van der Waals surface area (Å²) in [5, 5.41) is 10.0. The Balaban J connectivity index is 1.47. The van der Waals surface area contributed by atoms with Gasteiger partial charge in [0.2, 0.25) is 11.8 Å². The molecule has 1 aliphatic heterocycles. The number of hydrogen-bond acceptors (Lipinski definition) is 5. The van der Waals surface area contributed by atoms with Crippen molar-refractivity contribution in [1.82, 2.24) is 14.8 Å². The average molecular weight is 395 g/mol. The van der Waals surface area contributed by atoms with Gasteiger partial charge in [-0.2, -0.15) is 5.10 Å². The van der Waals surface area contributed by atoms with E-state index in [2.05, 4.69) is 15.4 Å². The molecule has 0 unspecified atom stereocenters. The van der Waals surface area contributed by atoms with Crippen LogP contribution in [0.5, 0.6) is 0 Å². The molecule has 3 heterocycles. The van der Waals surface area contributed by atoms with E-state index in [9.17, 15) is 9.59 Å². The van der Waals surface area contributed by atoms with Crippen LogP contribution in [0.2, 0.25) is 0 Å². The van der Waals surface area contributed by atoms with Crippen molar-refractivity contribution >= 4 is 34.0 Å². The molecular weight excluding hydrogens is 374 g/mol. The van der Waals surface area contributed by atoms with Gasteiger partial charge in [-0.05, 0) is 32.4 Å². The van der Waals surface area contributed by atoms with Gasteiger partial charge >= 0.3 is 0 Å². The lowest BCUT2D eigenvalue weighted by atomic mass is 10.2. The van der Waals surface area contributed by atoms with Crippen molar-refractivity contribution in [1.29, 1.82) is 0 Å². The Hall–Kier alpha value is -3.00. The highest BCUT2D eigenvalue weighted by molar-refractivity contribution is 7.14. The van der Waals surface area contributed by atoms with Gasteiger partial charge in [0.15, 0.2) is 5.13 Å². The van der Waals surface area contributed by atoms with Crippen molar-refractivity contribution in [2.45, 2.75) is 33.1 Å². The normalized spacial score (nSPS) is 13.9. The molecule has 0 radical (unpaired) electrons. The molecule has 0 bridgehead atoms. The number of aromatic nitrogens is 3. The second-order valence-corrected chi connectivity index (χ2v) is 7.63. The molecule has 0 saturated carbocycles. The standard InChI is InChI=1S/C20H21N5O2S/c1-13-19(14(2)25(23-13)16-7-4-3-5-8-16)22-17(26)11-15-12-28-20(21-15)24-10-6-9-18(24)27/h3-5,7-8,12H,6,9-11H2,1-2H3,(H,22,26). The van der Waals surface area contributed by atoms with Gasteiger partial charge in [0.25, 0.3) is 0 Å². The number of rotatable bonds is 5. The molecule has 1 saturated heterocycles. The van der Waals surface area contributed by atoms with Crippen LogP contribution in [-0.4, -0.2) is 33.1 Å². The van der Waals surface area contributed by atoms with E-state index in [0.29, 0.717) is 23.8 Å². The van der Waals surface area contributed by atoms with Crippen LogP contribution in [0.25, 0.3) is 5.69 Å². The highest BCUT2D eigenvalue weighted by Crippen LogP contribution is 2.26. The highest BCUT2D eigenvalue weighted by atomic mass is 32.1. The van der Waals surface area contributed by atoms with Crippen LogP contribution in [-0.2, 0) is 16.0 Å². The van der Waals surface area contributed by atoms with E-state index in [1.165, 1.54) is 11.3 Å². The van der Waals surface area contributed by atoms with Crippen molar-refractivity contribution in [2.24, 2.45) is 0 Å². The summed E-state index contributed by atoms with van der Waals surface area (Å²) in [7, 11) is 0.